The molecule has 3 heteroatoms. The van der Waals surface area contributed by atoms with Crippen molar-refractivity contribution in [3.63, 3.8) is 0 Å². The Hall–Kier alpha value is -1.09. The summed E-state index contributed by atoms with van der Waals surface area (Å²) in [4.78, 5) is 7.07. The van der Waals surface area contributed by atoms with Crippen molar-refractivity contribution in [3.05, 3.63) is 23.4 Å². The number of aromatic nitrogens is 1. The van der Waals surface area contributed by atoms with Crippen LogP contribution in [0, 0.1) is 0 Å². The van der Waals surface area contributed by atoms with E-state index in [1.165, 1.54) is 42.6 Å². The van der Waals surface area contributed by atoms with E-state index in [1.54, 1.807) is 0 Å². The first-order valence-electron chi connectivity index (χ1n) is 7.11. The first-order valence-corrected chi connectivity index (χ1v) is 7.11. The molecule has 3 rings (SSSR count). The molecule has 0 spiro atoms. The number of ether oxygens (including phenoxy) is 1. The largest absolute Gasteiger partial charge is 0.372 e. The number of pyridine rings is 1. The van der Waals surface area contributed by atoms with Crippen LogP contribution in [0.1, 0.15) is 37.8 Å². The van der Waals surface area contributed by atoms with E-state index in [0.29, 0.717) is 12.2 Å². The van der Waals surface area contributed by atoms with Crippen molar-refractivity contribution >= 4 is 5.82 Å². The van der Waals surface area contributed by atoms with Gasteiger partial charge in [-0.25, -0.2) is 4.98 Å². The number of hydrogen-bond donors (Lipinski definition) is 0. The Morgan fingerprint density at radius 3 is 2.67 bits per heavy atom. The average molecular weight is 246 g/mol. The van der Waals surface area contributed by atoms with E-state index >= 15 is 0 Å². The second-order valence-corrected chi connectivity index (χ2v) is 5.64. The summed E-state index contributed by atoms with van der Waals surface area (Å²) in [6.07, 6.45) is 7.63. The van der Waals surface area contributed by atoms with Gasteiger partial charge in [0.15, 0.2) is 0 Å². The number of aryl methyl sites for hydroxylation is 1. The Balaban J connectivity index is 1.91. The maximum atomic E-state index is 5.81. The third kappa shape index (κ3) is 2.24. The maximum Gasteiger partial charge on any atom is 0.132 e. The summed E-state index contributed by atoms with van der Waals surface area (Å²) < 4.78 is 5.81. The summed E-state index contributed by atoms with van der Waals surface area (Å²) in [5, 5.41) is 0. The molecule has 1 fully saturated rings. The molecule has 1 aromatic heterocycles. The number of nitrogens with zero attached hydrogens (tertiary/aromatic N) is 2. The molecule has 1 saturated heterocycles. The van der Waals surface area contributed by atoms with Gasteiger partial charge in [-0.05, 0) is 56.7 Å². The second-order valence-electron chi connectivity index (χ2n) is 5.64. The maximum absolute atomic E-state index is 5.81. The Morgan fingerprint density at radius 2 is 1.89 bits per heavy atom. The van der Waals surface area contributed by atoms with E-state index in [1.807, 2.05) is 6.20 Å². The first-order chi connectivity index (χ1) is 8.74. The molecule has 2 aliphatic rings. The fourth-order valence-corrected chi connectivity index (χ4v) is 3.27. The van der Waals surface area contributed by atoms with Crippen LogP contribution in [0.2, 0.25) is 0 Å². The van der Waals surface area contributed by atoms with Crippen LogP contribution in [-0.2, 0) is 17.6 Å². The Morgan fingerprint density at radius 1 is 1.17 bits per heavy atom. The molecule has 0 saturated carbocycles. The van der Waals surface area contributed by atoms with Gasteiger partial charge in [0.05, 0.1) is 12.2 Å². The fraction of sp³-hybridized carbons (Fsp3) is 0.667. The molecule has 1 aromatic rings. The minimum absolute atomic E-state index is 0.301. The van der Waals surface area contributed by atoms with E-state index in [9.17, 15) is 0 Å². The monoisotopic (exact) mass is 246 g/mol. The minimum atomic E-state index is 0.301. The van der Waals surface area contributed by atoms with Gasteiger partial charge < -0.3 is 9.64 Å². The van der Waals surface area contributed by atoms with E-state index in [-0.39, 0.29) is 0 Å². The standard InChI is InChI=1S/C15H22N2O/c1-11-9-17(10-12(2)18-11)15-14-6-4-3-5-13(14)7-8-16-15/h7-8,11-12H,3-6,9-10H2,1-2H3/t11-,12+. The summed E-state index contributed by atoms with van der Waals surface area (Å²) in [6.45, 7) is 6.23. The zero-order chi connectivity index (χ0) is 12.5. The third-order valence-electron chi connectivity index (χ3n) is 3.97. The summed E-state index contributed by atoms with van der Waals surface area (Å²) in [7, 11) is 0. The molecule has 1 aliphatic heterocycles. The van der Waals surface area contributed by atoms with Gasteiger partial charge in [0.2, 0.25) is 0 Å². The zero-order valence-corrected chi connectivity index (χ0v) is 11.4. The molecule has 0 N–H and O–H groups in total. The molecular formula is C15H22N2O. The predicted molar refractivity (Wildman–Crippen MR) is 73.1 cm³/mol. The van der Waals surface area contributed by atoms with E-state index in [4.69, 9.17) is 4.74 Å². The summed E-state index contributed by atoms with van der Waals surface area (Å²) in [6, 6.07) is 2.20. The van der Waals surface area contributed by atoms with E-state index < -0.39 is 0 Å². The third-order valence-corrected chi connectivity index (χ3v) is 3.97. The Kier molecular flexibility index (Phi) is 3.25. The van der Waals surface area contributed by atoms with Crippen LogP contribution in [0.4, 0.5) is 5.82 Å². The zero-order valence-electron chi connectivity index (χ0n) is 11.4. The first kappa shape index (κ1) is 12.0. The second kappa shape index (κ2) is 4.88. The number of rotatable bonds is 1. The van der Waals surface area contributed by atoms with Gasteiger partial charge in [-0.2, -0.15) is 0 Å². The highest BCUT2D eigenvalue weighted by Gasteiger charge is 2.26. The van der Waals surface area contributed by atoms with Gasteiger partial charge in [0.1, 0.15) is 5.82 Å². The van der Waals surface area contributed by atoms with Crippen molar-refractivity contribution in [1.82, 2.24) is 4.98 Å². The van der Waals surface area contributed by atoms with Crippen LogP contribution >= 0.6 is 0 Å². The van der Waals surface area contributed by atoms with Crippen molar-refractivity contribution < 1.29 is 4.74 Å². The molecule has 0 radical (unpaired) electrons. The van der Waals surface area contributed by atoms with Crippen molar-refractivity contribution in [3.8, 4) is 0 Å². The topological polar surface area (TPSA) is 25.4 Å². The molecule has 2 atom stereocenters. The van der Waals surface area contributed by atoms with E-state index in [0.717, 1.165) is 13.1 Å². The predicted octanol–water partition coefficient (Wildman–Crippen LogP) is 2.57. The molecule has 3 nitrogen and oxygen atoms in total. The van der Waals surface area contributed by atoms with Gasteiger partial charge in [-0.3, -0.25) is 0 Å². The van der Waals surface area contributed by atoms with Crippen LogP contribution in [-0.4, -0.2) is 30.3 Å². The van der Waals surface area contributed by atoms with Crippen molar-refractivity contribution in [2.45, 2.75) is 51.7 Å². The van der Waals surface area contributed by atoms with Crippen LogP contribution in [0.25, 0.3) is 0 Å². The summed E-state index contributed by atoms with van der Waals surface area (Å²) in [5.74, 6) is 1.22. The lowest BCUT2D eigenvalue weighted by molar-refractivity contribution is -0.00551. The molecular weight excluding hydrogens is 224 g/mol. The molecule has 1 aliphatic carbocycles. The normalized spacial score (nSPS) is 28.0. The van der Waals surface area contributed by atoms with Crippen molar-refractivity contribution in [1.29, 1.82) is 0 Å². The SMILES string of the molecule is C[C@@H]1CN(c2nccc3c2CCCC3)C[C@H](C)O1. The van der Waals surface area contributed by atoms with Gasteiger partial charge >= 0.3 is 0 Å². The highest BCUT2D eigenvalue weighted by molar-refractivity contribution is 5.52. The minimum Gasteiger partial charge on any atom is -0.372 e. The van der Waals surface area contributed by atoms with Gasteiger partial charge in [-0.15, -0.1) is 0 Å². The lowest BCUT2D eigenvalue weighted by atomic mass is 9.92. The van der Waals surface area contributed by atoms with E-state index in [2.05, 4.69) is 29.8 Å². The number of hydrogen-bond acceptors (Lipinski definition) is 3. The Bertz CT molecular complexity index is 423. The Labute approximate surface area is 109 Å². The van der Waals surface area contributed by atoms with Gasteiger partial charge in [0.25, 0.3) is 0 Å². The summed E-state index contributed by atoms with van der Waals surface area (Å²) in [5.41, 5.74) is 3.00. The highest BCUT2D eigenvalue weighted by Crippen LogP contribution is 2.30. The quantitative estimate of drug-likeness (QED) is 0.761. The smallest absolute Gasteiger partial charge is 0.132 e. The van der Waals surface area contributed by atoms with Gasteiger partial charge in [0, 0.05) is 19.3 Å². The van der Waals surface area contributed by atoms with Crippen LogP contribution < -0.4 is 4.90 Å². The molecule has 0 unspecified atom stereocenters. The van der Waals surface area contributed by atoms with Crippen LogP contribution in [0.5, 0.6) is 0 Å². The molecule has 0 amide bonds. The lowest BCUT2D eigenvalue weighted by Gasteiger charge is -2.37. The van der Waals surface area contributed by atoms with Crippen molar-refractivity contribution in [2.24, 2.45) is 0 Å². The van der Waals surface area contributed by atoms with Crippen LogP contribution in [0.15, 0.2) is 12.3 Å². The molecule has 0 aromatic carbocycles. The number of anilines is 1. The number of fused-ring (bicyclic) bond motifs is 1. The average Bonchev–Trinajstić information content (AvgIpc) is 2.37. The molecule has 98 valence electrons. The highest BCUT2D eigenvalue weighted by atomic mass is 16.5. The molecule has 18 heavy (non-hydrogen) atoms. The summed E-state index contributed by atoms with van der Waals surface area (Å²) >= 11 is 0. The fourth-order valence-electron chi connectivity index (χ4n) is 3.27. The molecule has 0 bridgehead atoms. The lowest BCUT2D eigenvalue weighted by Crippen LogP contribution is -2.46. The van der Waals surface area contributed by atoms with Gasteiger partial charge in [-0.1, -0.05) is 0 Å². The molecule has 2 heterocycles. The number of morpholine rings is 1. The van der Waals surface area contributed by atoms with Crippen LogP contribution in [0.3, 0.4) is 0 Å². The van der Waals surface area contributed by atoms with Crippen molar-refractivity contribution in [2.75, 3.05) is 18.0 Å².